The number of amides is 1. The first kappa shape index (κ1) is 16.7. The zero-order valence-electron chi connectivity index (χ0n) is 14.6. The van der Waals surface area contributed by atoms with Gasteiger partial charge >= 0.3 is 0 Å². The van der Waals surface area contributed by atoms with E-state index in [9.17, 15) is 9.90 Å². The van der Waals surface area contributed by atoms with Gasteiger partial charge in [0.1, 0.15) is 0 Å². The molecule has 0 unspecified atom stereocenters. The first-order chi connectivity index (χ1) is 11.4. The summed E-state index contributed by atoms with van der Waals surface area (Å²) in [5.74, 6) is -0.0600. The molecule has 128 valence electrons. The normalized spacial score (nSPS) is 16.3. The van der Waals surface area contributed by atoms with Gasteiger partial charge in [0.05, 0.1) is 17.0 Å². The van der Waals surface area contributed by atoms with Crippen LogP contribution in [-0.2, 0) is 0 Å². The van der Waals surface area contributed by atoms with Gasteiger partial charge in [0.2, 0.25) is 0 Å². The average molecular weight is 327 g/mol. The predicted molar refractivity (Wildman–Crippen MR) is 93.4 cm³/mol. The maximum atomic E-state index is 12.6. The van der Waals surface area contributed by atoms with Crippen molar-refractivity contribution in [3.63, 3.8) is 0 Å². The lowest BCUT2D eigenvalue weighted by Gasteiger charge is -2.28. The molecule has 1 N–H and O–H groups in total. The number of nitrogens with zero attached hydrogens (tertiary/aromatic N) is 3. The van der Waals surface area contributed by atoms with Gasteiger partial charge in [0, 0.05) is 24.8 Å². The molecule has 5 heteroatoms. The van der Waals surface area contributed by atoms with Crippen LogP contribution in [0, 0.1) is 13.8 Å². The zero-order valence-corrected chi connectivity index (χ0v) is 14.6. The summed E-state index contributed by atoms with van der Waals surface area (Å²) in [6, 6.07) is 9.48. The number of hydrogen-bond acceptors (Lipinski definition) is 3. The summed E-state index contributed by atoms with van der Waals surface area (Å²) in [6.07, 6.45) is 3.63. The number of aryl methyl sites for hydroxylation is 2. The topological polar surface area (TPSA) is 58.4 Å². The molecule has 0 saturated heterocycles. The number of carbonyl (C=O) groups excluding carboxylic acids is 1. The van der Waals surface area contributed by atoms with Crippen LogP contribution in [0.15, 0.2) is 30.3 Å². The van der Waals surface area contributed by atoms with Crippen LogP contribution in [0.5, 0.6) is 0 Å². The van der Waals surface area contributed by atoms with Gasteiger partial charge < -0.3 is 10.0 Å². The summed E-state index contributed by atoms with van der Waals surface area (Å²) < 4.78 is 1.87. The number of hydrogen-bond donors (Lipinski definition) is 1. The van der Waals surface area contributed by atoms with Crippen molar-refractivity contribution in [3.05, 3.63) is 47.3 Å². The molecule has 3 rings (SSSR count). The Labute approximate surface area is 142 Å². The standard InChI is InChI=1S/C19H25N3O2/c1-14-12-15(2)22(20-14)17-8-6-16(7-9-17)18(23)21(3)13-19(24)10-4-5-11-19/h6-9,12,24H,4-5,10-11,13H2,1-3H3. The fraction of sp³-hybridized carbons (Fsp3) is 0.474. The van der Waals surface area contributed by atoms with Gasteiger partial charge in [-0.1, -0.05) is 12.8 Å². The third-order valence-corrected chi connectivity index (χ3v) is 4.78. The van der Waals surface area contributed by atoms with Crippen LogP contribution in [0.2, 0.25) is 0 Å². The third-order valence-electron chi connectivity index (χ3n) is 4.78. The number of aromatic nitrogens is 2. The highest BCUT2D eigenvalue weighted by molar-refractivity contribution is 5.94. The number of benzene rings is 1. The molecule has 0 radical (unpaired) electrons. The van der Waals surface area contributed by atoms with Crippen LogP contribution >= 0.6 is 0 Å². The summed E-state index contributed by atoms with van der Waals surface area (Å²) >= 11 is 0. The molecule has 1 heterocycles. The van der Waals surface area contributed by atoms with Crippen LogP contribution in [0.25, 0.3) is 5.69 Å². The highest BCUT2D eigenvalue weighted by Gasteiger charge is 2.33. The second kappa shape index (κ2) is 6.40. The lowest BCUT2D eigenvalue weighted by molar-refractivity contribution is 0.0157. The molecule has 0 spiro atoms. The Balaban J connectivity index is 1.73. The fourth-order valence-corrected chi connectivity index (χ4v) is 3.56. The van der Waals surface area contributed by atoms with E-state index in [1.165, 1.54) is 0 Å². The highest BCUT2D eigenvalue weighted by atomic mass is 16.3. The highest BCUT2D eigenvalue weighted by Crippen LogP contribution is 2.30. The van der Waals surface area contributed by atoms with Gasteiger partial charge in [-0.25, -0.2) is 4.68 Å². The number of rotatable bonds is 4. The molecule has 24 heavy (non-hydrogen) atoms. The quantitative estimate of drug-likeness (QED) is 0.939. The van der Waals surface area contributed by atoms with E-state index in [1.807, 2.05) is 48.9 Å². The van der Waals surface area contributed by atoms with Gasteiger partial charge in [-0.2, -0.15) is 5.10 Å². The number of carbonyl (C=O) groups is 1. The van der Waals surface area contributed by atoms with E-state index in [0.717, 1.165) is 42.8 Å². The van der Waals surface area contributed by atoms with E-state index in [-0.39, 0.29) is 5.91 Å². The molecule has 1 aromatic heterocycles. The molecule has 1 amide bonds. The van der Waals surface area contributed by atoms with Gasteiger partial charge in [-0.15, -0.1) is 0 Å². The van der Waals surface area contributed by atoms with Crippen LogP contribution in [-0.4, -0.2) is 44.9 Å². The molecule has 2 aromatic rings. The summed E-state index contributed by atoms with van der Waals surface area (Å²) in [4.78, 5) is 14.2. The van der Waals surface area contributed by atoms with Gasteiger partial charge in [-0.05, 0) is 57.0 Å². The summed E-state index contributed by atoms with van der Waals surface area (Å²) in [5.41, 5.74) is 2.89. The minimum absolute atomic E-state index is 0.0600. The molecule has 5 nitrogen and oxygen atoms in total. The minimum atomic E-state index is -0.714. The lowest BCUT2D eigenvalue weighted by Crippen LogP contribution is -2.42. The van der Waals surface area contributed by atoms with Crippen molar-refractivity contribution in [2.75, 3.05) is 13.6 Å². The molecule has 1 aliphatic carbocycles. The van der Waals surface area contributed by atoms with E-state index < -0.39 is 5.60 Å². The SMILES string of the molecule is Cc1cc(C)n(-c2ccc(C(=O)N(C)CC3(O)CCCC3)cc2)n1. The van der Waals surface area contributed by atoms with Crippen molar-refractivity contribution in [3.8, 4) is 5.69 Å². The van der Waals surface area contributed by atoms with E-state index in [0.29, 0.717) is 12.1 Å². The molecule has 0 aliphatic heterocycles. The average Bonchev–Trinajstić information content (AvgIpc) is 3.12. The molecule has 0 bridgehead atoms. The Morgan fingerprint density at radius 3 is 2.42 bits per heavy atom. The Kier molecular flexibility index (Phi) is 4.45. The molecular weight excluding hydrogens is 302 g/mol. The Morgan fingerprint density at radius 1 is 1.25 bits per heavy atom. The maximum absolute atomic E-state index is 12.6. The summed E-state index contributed by atoms with van der Waals surface area (Å²) in [7, 11) is 1.76. The maximum Gasteiger partial charge on any atom is 0.253 e. The van der Waals surface area contributed by atoms with Gasteiger partial charge in [0.15, 0.2) is 0 Å². The number of likely N-dealkylation sites (N-methyl/N-ethyl adjacent to an activating group) is 1. The second-order valence-corrected chi connectivity index (χ2v) is 6.98. The number of aliphatic hydroxyl groups is 1. The van der Waals surface area contributed by atoms with Crippen molar-refractivity contribution in [1.29, 1.82) is 0 Å². The minimum Gasteiger partial charge on any atom is -0.388 e. The van der Waals surface area contributed by atoms with Crippen molar-refractivity contribution >= 4 is 5.91 Å². The van der Waals surface area contributed by atoms with E-state index >= 15 is 0 Å². The molecule has 0 atom stereocenters. The van der Waals surface area contributed by atoms with E-state index in [4.69, 9.17) is 0 Å². The molecule has 1 saturated carbocycles. The van der Waals surface area contributed by atoms with Gasteiger partial charge in [0.25, 0.3) is 5.91 Å². The summed E-state index contributed by atoms with van der Waals surface area (Å²) in [6.45, 7) is 4.37. The Hall–Kier alpha value is -2.14. The van der Waals surface area contributed by atoms with Crippen LogP contribution in [0.3, 0.4) is 0 Å². The first-order valence-electron chi connectivity index (χ1n) is 8.49. The Bertz CT molecular complexity index is 728. The van der Waals surface area contributed by atoms with Gasteiger partial charge in [-0.3, -0.25) is 4.79 Å². The van der Waals surface area contributed by atoms with Crippen molar-refractivity contribution < 1.29 is 9.90 Å². The molecule has 1 fully saturated rings. The zero-order chi connectivity index (χ0) is 17.3. The van der Waals surface area contributed by atoms with Crippen LogP contribution in [0.4, 0.5) is 0 Å². The van der Waals surface area contributed by atoms with Crippen molar-refractivity contribution in [2.24, 2.45) is 0 Å². The fourth-order valence-electron chi connectivity index (χ4n) is 3.56. The lowest BCUT2D eigenvalue weighted by atomic mass is 10.0. The third kappa shape index (κ3) is 3.36. The molecule has 1 aromatic carbocycles. The van der Waals surface area contributed by atoms with Crippen molar-refractivity contribution in [2.45, 2.75) is 45.1 Å². The predicted octanol–water partition coefficient (Wildman–Crippen LogP) is 2.87. The summed E-state index contributed by atoms with van der Waals surface area (Å²) in [5, 5.41) is 14.9. The smallest absolute Gasteiger partial charge is 0.253 e. The molecular formula is C19H25N3O2. The second-order valence-electron chi connectivity index (χ2n) is 6.98. The molecule has 1 aliphatic rings. The first-order valence-corrected chi connectivity index (χ1v) is 8.49. The van der Waals surface area contributed by atoms with E-state index in [2.05, 4.69) is 5.10 Å². The largest absolute Gasteiger partial charge is 0.388 e. The van der Waals surface area contributed by atoms with E-state index in [1.54, 1.807) is 11.9 Å². The monoisotopic (exact) mass is 327 g/mol. The Morgan fingerprint density at radius 2 is 1.88 bits per heavy atom. The van der Waals surface area contributed by atoms with Crippen LogP contribution in [0.1, 0.15) is 47.4 Å². The van der Waals surface area contributed by atoms with Crippen LogP contribution < -0.4 is 0 Å². The van der Waals surface area contributed by atoms with Crippen molar-refractivity contribution in [1.82, 2.24) is 14.7 Å².